The van der Waals surface area contributed by atoms with Gasteiger partial charge < -0.3 is 9.88 Å². The van der Waals surface area contributed by atoms with Gasteiger partial charge in [-0.2, -0.15) is 4.98 Å². The van der Waals surface area contributed by atoms with Gasteiger partial charge in [-0.1, -0.05) is 26.0 Å². The molecule has 0 spiro atoms. The van der Waals surface area contributed by atoms with Crippen molar-refractivity contribution in [1.82, 2.24) is 24.7 Å². The summed E-state index contributed by atoms with van der Waals surface area (Å²) in [6.07, 6.45) is 3.11. The number of nitrogens with one attached hydrogen (secondary N) is 1. The lowest BCUT2D eigenvalue weighted by Gasteiger charge is -2.12. The molecule has 1 aromatic carbocycles. The number of anilines is 1. The van der Waals surface area contributed by atoms with Gasteiger partial charge in [0, 0.05) is 12.6 Å². The SMILES string of the molecule is CC(C)Cn1c(Sc2ncc([N+](=O)[O-])c(NC3CC3)n2)nnc1-c1ccccc1F. The molecule has 2 heterocycles. The predicted octanol–water partition coefficient (Wildman–Crippen LogP) is 4.16. The van der Waals surface area contributed by atoms with E-state index in [1.165, 1.54) is 12.3 Å². The highest BCUT2D eigenvalue weighted by molar-refractivity contribution is 7.99. The van der Waals surface area contributed by atoms with Crippen LogP contribution >= 0.6 is 11.8 Å². The first kappa shape index (κ1) is 20.2. The van der Waals surface area contributed by atoms with E-state index in [0.29, 0.717) is 28.2 Å². The van der Waals surface area contributed by atoms with Crippen LogP contribution < -0.4 is 5.32 Å². The maximum atomic E-state index is 14.3. The van der Waals surface area contributed by atoms with Gasteiger partial charge in [-0.05, 0) is 42.7 Å². The van der Waals surface area contributed by atoms with Crippen molar-refractivity contribution in [2.45, 2.75) is 49.6 Å². The van der Waals surface area contributed by atoms with Crippen LogP contribution in [-0.2, 0) is 6.54 Å². The molecule has 0 aliphatic heterocycles. The fourth-order valence-electron chi connectivity index (χ4n) is 2.89. The van der Waals surface area contributed by atoms with E-state index in [2.05, 4.69) is 25.5 Å². The standard InChI is InChI=1S/C19H20FN7O2S/c1-11(2)10-26-17(13-5-3-4-6-14(13)20)24-25-19(26)30-18-21-9-15(27(28)29)16(23-18)22-12-7-8-12/h3-6,9,11-12H,7-8,10H2,1-2H3,(H,21,22,23). The van der Waals surface area contributed by atoms with E-state index in [1.54, 1.807) is 18.2 Å². The average molecular weight is 429 g/mol. The number of rotatable bonds is 8. The molecule has 2 aromatic heterocycles. The molecule has 0 radical (unpaired) electrons. The van der Waals surface area contributed by atoms with Gasteiger partial charge in [0.15, 0.2) is 16.1 Å². The molecule has 0 saturated heterocycles. The molecule has 11 heteroatoms. The number of hydrogen-bond donors (Lipinski definition) is 1. The molecule has 1 N–H and O–H groups in total. The lowest BCUT2D eigenvalue weighted by Crippen LogP contribution is -2.09. The monoisotopic (exact) mass is 429 g/mol. The second kappa shape index (κ2) is 8.34. The van der Waals surface area contributed by atoms with Crippen molar-refractivity contribution in [2.75, 3.05) is 5.32 Å². The molecule has 0 unspecified atom stereocenters. The summed E-state index contributed by atoms with van der Waals surface area (Å²) in [5.74, 6) is 0.497. The second-order valence-electron chi connectivity index (χ2n) is 7.45. The Bertz CT molecular complexity index is 1080. The van der Waals surface area contributed by atoms with Gasteiger partial charge in [0.05, 0.1) is 10.5 Å². The normalized spacial score (nSPS) is 13.6. The minimum absolute atomic E-state index is 0.165. The molecule has 156 valence electrons. The third kappa shape index (κ3) is 4.40. The minimum atomic E-state index is -0.503. The molecular formula is C19H20FN7O2S. The van der Waals surface area contributed by atoms with Crippen molar-refractivity contribution >= 4 is 23.3 Å². The van der Waals surface area contributed by atoms with Gasteiger partial charge >= 0.3 is 5.69 Å². The van der Waals surface area contributed by atoms with E-state index >= 15 is 0 Å². The Morgan fingerprint density at radius 1 is 1.33 bits per heavy atom. The molecule has 1 aliphatic carbocycles. The van der Waals surface area contributed by atoms with E-state index in [0.717, 1.165) is 24.6 Å². The van der Waals surface area contributed by atoms with Crippen molar-refractivity contribution in [3.63, 3.8) is 0 Å². The number of nitro groups is 1. The number of benzene rings is 1. The van der Waals surface area contributed by atoms with Gasteiger partial charge in [0.1, 0.15) is 12.0 Å². The highest BCUT2D eigenvalue weighted by Gasteiger charge is 2.27. The average Bonchev–Trinajstić information content (AvgIpc) is 3.43. The van der Waals surface area contributed by atoms with Crippen LogP contribution in [-0.4, -0.2) is 35.7 Å². The first-order chi connectivity index (χ1) is 14.4. The minimum Gasteiger partial charge on any atom is -0.361 e. The summed E-state index contributed by atoms with van der Waals surface area (Å²) in [5.41, 5.74) is 0.195. The quantitative estimate of drug-likeness (QED) is 0.323. The third-order valence-electron chi connectivity index (χ3n) is 4.42. The first-order valence-electron chi connectivity index (χ1n) is 9.56. The molecule has 0 amide bonds. The largest absolute Gasteiger partial charge is 0.361 e. The Morgan fingerprint density at radius 2 is 2.10 bits per heavy atom. The van der Waals surface area contributed by atoms with Gasteiger partial charge in [-0.3, -0.25) is 10.1 Å². The van der Waals surface area contributed by atoms with Crippen LogP contribution in [0.4, 0.5) is 15.9 Å². The van der Waals surface area contributed by atoms with Gasteiger partial charge in [-0.15, -0.1) is 10.2 Å². The van der Waals surface area contributed by atoms with Crippen LogP contribution in [0.25, 0.3) is 11.4 Å². The first-order valence-corrected chi connectivity index (χ1v) is 10.4. The summed E-state index contributed by atoms with van der Waals surface area (Å²) < 4.78 is 16.2. The Morgan fingerprint density at radius 3 is 2.77 bits per heavy atom. The number of hydrogen-bond acceptors (Lipinski definition) is 8. The summed E-state index contributed by atoms with van der Waals surface area (Å²) in [5, 5.41) is 23.6. The van der Waals surface area contributed by atoms with Crippen LogP contribution in [0.2, 0.25) is 0 Å². The molecule has 4 rings (SSSR count). The molecular weight excluding hydrogens is 409 g/mol. The topological polar surface area (TPSA) is 112 Å². The zero-order chi connectivity index (χ0) is 21.3. The number of halogens is 1. The highest BCUT2D eigenvalue weighted by Crippen LogP contribution is 2.33. The fourth-order valence-corrected chi connectivity index (χ4v) is 3.65. The number of nitrogens with zero attached hydrogens (tertiary/aromatic N) is 6. The predicted molar refractivity (Wildman–Crippen MR) is 110 cm³/mol. The summed E-state index contributed by atoms with van der Waals surface area (Å²) in [6, 6.07) is 6.61. The molecule has 1 fully saturated rings. The molecule has 3 aromatic rings. The second-order valence-corrected chi connectivity index (χ2v) is 8.39. The summed E-state index contributed by atoms with van der Waals surface area (Å²) >= 11 is 1.14. The van der Waals surface area contributed by atoms with Crippen LogP contribution in [0.5, 0.6) is 0 Å². The Kier molecular flexibility index (Phi) is 5.62. The van der Waals surface area contributed by atoms with E-state index in [-0.39, 0.29) is 29.3 Å². The van der Waals surface area contributed by atoms with Crippen molar-refractivity contribution < 1.29 is 9.31 Å². The van der Waals surface area contributed by atoms with Crippen molar-refractivity contribution in [2.24, 2.45) is 5.92 Å². The van der Waals surface area contributed by atoms with Crippen molar-refractivity contribution in [3.05, 3.63) is 46.4 Å². The maximum absolute atomic E-state index is 14.3. The van der Waals surface area contributed by atoms with Crippen LogP contribution in [0.3, 0.4) is 0 Å². The lowest BCUT2D eigenvalue weighted by molar-refractivity contribution is -0.384. The Balaban J connectivity index is 1.69. The molecule has 9 nitrogen and oxygen atoms in total. The third-order valence-corrected chi connectivity index (χ3v) is 5.29. The van der Waals surface area contributed by atoms with Crippen LogP contribution in [0.15, 0.2) is 40.8 Å². The molecule has 0 bridgehead atoms. The van der Waals surface area contributed by atoms with E-state index < -0.39 is 4.92 Å². The molecule has 30 heavy (non-hydrogen) atoms. The Hall–Kier alpha value is -3.08. The van der Waals surface area contributed by atoms with Crippen molar-refractivity contribution in [1.29, 1.82) is 0 Å². The zero-order valence-electron chi connectivity index (χ0n) is 16.4. The van der Waals surface area contributed by atoms with E-state index in [1.807, 2.05) is 18.4 Å². The van der Waals surface area contributed by atoms with Crippen molar-refractivity contribution in [3.8, 4) is 11.4 Å². The van der Waals surface area contributed by atoms with Gasteiger partial charge in [0.2, 0.25) is 5.82 Å². The maximum Gasteiger partial charge on any atom is 0.329 e. The van der Waals surface area contributed by atoms with Gasteiger partial charge in [-0.25, -0.2) is 9.37 Å². The van der Waals surface area contributed by atoms with Gasteiger partial charge in [0.25, 0.3) is 0 Å². The lowest BCUT2D eigenvalue weighted by atomic mass is 10.2. The highest BCUT2D eigenvalue weighted by atomic mass is 32.2. The van der Waals surface area contributed by atoms with E-state index in [4.69, 9.17) is 0 Å². The molecule has 1 saturated carbocycles. The number of aromatic nitrogens is 5. The Labute approximate surface area is 176 Å². The zero-order valence-corrected chi connectivity index (χ0v) is 17.3. The summed E-state index contributed by atoms with van der Waals surface area (Å²) in [6.45, 7) is 4.65. The molecule has 0 atom stereocenters. The molecule has 1 aliphatic rings. The summed E-state index contributed by atoms with van der Waals surface area (Å²) in [4.78, 5) is 19.2. The van der Waals surface area contributed by atoms with Crippen LogP contribution in [0.1, 0.15) is 26.7 Å². The van der Waals surface area contributed by atoms with E-state index in [9.17, 15) is 14.5 Å². The fraction of sp³-hybridized carbons (Fsp3) is 0.368. The van der Waals surface area contributed by atoms with Crippen LogP contribution in [0, 0.1) is 21.8 Å². The smallest absolute Gasteiger partial charge is 0.329 e. The summed E-state index contributed by atoms with van der Waals surface area (Å²) in [7, 11) is 0.